The Hall–Kier alpha value is -3.35. The summed E-state index contributed by atoms with van der Waals surface area (Å²) in [7, 11) is 0. The van der Waals surface area contributed by atoms with Gasteiger partial charge in [-0.3, -0.25) is 14.4 Å². The van der Waals surface area contributed by atoms with Gasteiger partial charge in [0.2, 0.25) is 5.56 Å². The van der Waals surface area contributed by atoms with Gasteiger partial charge < -0.3 is 10.3 Å². The molecule has 0 aliphatic heterocycles. The molecule has 0 radical (unpaired) electrons. The highest BCUT2D eigenvalue weighted by atomic mass is 19.2. The molecule has 5 nitrogen and oxygen atoms in total. The van der Waals surface area contributed by atoms with E-state index in [1.54, 1.807) is 24.3 Å². The van der Waals surface area contributed by atoms with Crippen LogP contribution in [0, 0.1) is 11.6 Å². The van der Waals surface area contributed by atoms with Gasteiger partial charge in [-0.1, -0.05) is 24.3 Å². The van der Waals surface area contributed by atoms with Crippen LogP contribution >= 0.6 is 0 Å². The third-order valence-electron chi connectivity index (χ3n) is 3.66. The monoisotopic (exact) mass is 342 g/mol. The minimum absolute atomic E-state index is 0.0897. The van der Waals surface area contributed by atoms with E-state index in [0.29, 0.717) is 10.9 Å². The molecule has 0 saturated carbocycles. The van der Waals surface area contributed by atoms with Gasteiger partial charge in [0.25, 0.3) is 5.91 Å². The van der Waals surface area contributed by atoms with Crippen molar-refractivity contribution in [1.82, 2.24) is 10.3 Å². The van der Waals surface area contributed by atoms with Crippen molar-refractivity contribution >= 4 is 22.6 Å². The lowest BCUT2D eigenvalue weighted by Crippen LogP contribution is -2.31. The number of Topliss-reactive ketones (excluding diaryl/α,β-unsaturated/α-hetero) is 1. The van der Waals surface area contributed by atoms with Gasteiger partial charge in [-0.05, 0) is 18.2 Å². The third kappa shape index (κ3) is 3.30. The van der Waals surface area contributed by atoms with Gasteiger partial charge in [-0.2, -0.15) is 0 Å². The molecular formula is C18H12F2N2O3. The second kappa shape index (κ2) is 6.64. The molecule has 0 aliphatic rings. The molecule has 2 N–H and O–H groups in total. The number of rotatable bonds is 4. The van der Waals surface area contributed by atoms with Crippen molar-refractivity contribution in [1.29, 1.82) is 0 Å². The summed E-state index contributed by atoms with van der Waals surface area (Å²) in [4.78, 5) is 38.6. The van der Waals surface area contributed by atoms with Crippen LogP contribution in [0.1, 0.15) is 20.7 Å². The van der Waals surface area contributed by atoms with Crippen LogP contribution in [0.25, 0.3) is 10.9 Å². The van der Waals surface area contributed by atoms with Crippen molar-refractivity contribution in [3.63, 3.8) is 0 Å². The summed E-state index contributed by atoms with van der Waals surface area (Å²) in [6.45, 7) is -0.527. The summed E-state index contributed by atoms with van der Waals surface area (Å²) in [5.74, 6) is -3.84. The molecule has 0 unspecified atom stereocenters. The van der Waals surface area contributed by atoms with Crippen LogP contribution in [0.2, 0.25) is 0 Å². The highest BCUT2D eigenvalue weighted by Gasteiger charge is 2.17. The second-order valence-corrected chi connectivity index (χ2v) is 5.30. The Kier molecular flexibility index (Phi) is 4.38. The highest BCUT2D eigenvalue weighted by molar-refractivity contribution is 6.08. The fourth-order valence-electron chi connectivity index (χ4n) is 2.46. The number of nitrogens with one attached hydrogen (secondary N) is 2. The Balaban J connectivity index is 1.83. The molecule has 126 valence electrons. The summed E-state index contributed by atoms with van der Waals surface area (Å²) in [6.07, 6.45) is 0. The number of hydrogen-bond acceptors (Lipinski definition) is 3. The van der Waals surface area contributed by atoms with Crippen LogP contribution in [0.5, 0.6) is 0 Å². The van der Waals surface area contributed by atoms with Gasteiger partial charge in [-0.15, -0.1) is 0 Å². The van der Waals surface area contributed by atoms with E-state index >= 15 is 0 Å². The molecule has 0 aliphatic carbocycles. The first-order valence-corrected chi connectivity index (χ1v) is 7.35. The standard InChI is InChI=1S/C18H12F2N2O3/c19-13-6-3-5-11(17(13)20)15(23)9-21-18(25)12-8-16(24)22-14-7-2-1-4-10(12)14/h1-8H,9H2,(H,21,25)(H,22,24). The van der Waals surface area contributed by atoms with Crippen LogP contribution in [0.4, 0.5) is 8.78 Å². The number of para-hydroxylation sites is 1. The Morgan fingerprint density at radius 3 is 2.56 bits per heavy atom. The van der Waals surface area contributed by atoms with E-state index < -0.39 is 41.0 Å². The minimum Gasteiger partial charge on any atom is -0.345 e. The third-order valence-corrected chi connectivity index (χ3v) is 3.66. The number of halogens is 2. The molecule has 2 aromatic carbocycles. The maximum absolute atomic E-state index is 13.6. The molecule has 0 saturated heterocycles. The number of aromatic nitrogens is 1. The van der Waals surface area contributed by atoms with Crippen LogP contribution in [0.15, 0.2) is 53.3 Å². The molecule has 25 heavy (non-hydrogen) atoms. The average Bonchev–Trinajstić information content (AvgIpc) is 2.61. The second-order valence-electron chi connectivity index (χ2n) is 5.30. The lowest BCUT2D eigenvalue weighted by molar-refractivity contribution is 0.0903. The number of carbonyl (C=O) groups excluding carboxylic acids is 2. The largest absolute Gasteiger partial charge is 0.345 e. The molecule has 0 spiro atoms. The number of carbonyl (C=O) groups is 2. The van der Waals surface area contributed by atoms with Crippen molar-refractivity contribution in [3.8, 4) is 0 Å². The summed E-state index contributed by atoms with van der Waals surface area (Å²) < 4.78 is 26.8. The smallest absolute Gasteiger partial charge is 0.252 e. The Morgan fingerprint density at radius 2 is 1.76 bits per heavy atom. The summed E-state index contributed by atoms with van der Waals surface area (Å²) in [5.41, 5.74) is -0.350. The zero-order valence-electron chi connectivity index (χ0n) is 12.8. The summed E-state index contributed by atoms with van der Waals surface area (Å²) in [5, 5.41) is 2.84. The van der Waals surface area contributed by atoms with E-state index in [0.717, 1.165) is 18.2 Å². The molecule has 0 bridgehead atoms. The fourth-order valence-corrected chi connectivity index (χ4v) is 2.46. The summed E-state index contributed by atoms with van der Waals surface area (Å²) >= 11 is 0. The van der Waals surface area contributed by atoms with Crippen molar-refractivity contribution in [2.75, 3.05) is 6.54 Å². The van der Waals surface area contributed by atoms with Gasteiger partial charge in [0.05, 0.1) is 17.7 Å². The maximum Gasteiger partial charge on any atom is 0.252 e. The molecule has 1 aromatic heterocycles. The van der Waals surface area contributed by atoms with Crippen molar-refractivity contribution in [3.05, 3.63) is 81.6 Å². The van der Waals surface area contributed by atoms with Crippen LogP contribution in [-0.2, 0) is 0 Å². The quantitative estimate of drug-likeness (QED) is 0.715. The van der Waals surface area contributed by atoms with Crippen LogP contribution in [0.3, 0.4) is 0 Å². The van der Waals surface area contributed by atoms with Crippen molar-refractivity contribution in [2.24, 2.45) is 0 Å². The maximum atomic E-state index is 13.6. The molecule has 1 amide bonds. The van der Waals surface area contributed by atoms with Crippen molar-refractivity contribution < 1.29 is 18.4 Å². The number of aromatic amines is 1. The van der Waals surface area contributed by atoms with Gasteiger partial charge in [-0.25, -0.2) is 8.78 Å². The van der Waals surface area contributed by atoms with Crippen LogP contribution < -0.4 is 10.9 Å². The molecule has 1 heterocycles. The zero-order valence-corrected chi connectivity index (χ0v) is 12.8. The zero-order chi connectivity index (χ0) is 18.0. The predicted molar refractivity (Wildman–Crippen MR) is 87.6 cm³/mol. The Labute approximate surface area is 140 Å². The van der Waals surface area contributed by atoms with Gasteiger partial charge >= 0.3 is 0 Å². The average molecular weight is 342 g/mol. The molecule has 3 aromatic rings. The first kappa shape index (κ1) is 16.5. The molecule has 0 fully saturated rings. The Bertz CT molecular complexity index is 1040. The topological polar surface area (TPSA) is 79.0 Å². The van der Waals surface area contributed by atoms with E-state index in [1.807, 2.05) is 0 Å². The lowest BCUT2D eigenvalue weighted by Gasteiger charge is -2.08. The first-order chi connectivity index (χ1) is 12.0. The van der Waals surface area contributed by atoms with Crippen LogP contribution in [-0.4, -0.2) is 23.2 Å². The summed E-state index contributed by atoms with van der Waals surface area (Å²) in [6, 6.07) is 11.0. The van der Waals surface area contributed by atoms with Gasteiger partial charge in [0.15, 0.2) is 17.4 Å². The highest BCUT2D eigenvalue weighted by Crippen LogP contribution is 2.15. The number of ketones is 1. The number of benzene rings is 2. The van der Waals surface area contributed by atoms with Crippen molar-refractivity contribution in [2.45, 2.75) is 0 Å². The van der Waals surface area contributed by atoms with E-state index in [9.17, 15) is 23.2 Å². The lowest BCUT2D eigenvalue weighted by atomic mass is 10.1. The first-order valence-electron chi connectivity index (χ1n) is 7.35. The van der Waals surface area contributed by atoms with E-state index in [1.165, 1.54) is 6.07 Å². The van der Waals surface area contributed by atoms with E-state index in [4.69, 9.17) is 0 Å². The molecule has 0 atom stereocenters. The van der Waals surface area contributed by atoms with Gasteiger partial charge in [0.1, 0.15) is 0 Å². The minimum atomic E-state index is -1.26. The number of fused-ring (bicyclic) bond motifs is 1. The fraction of sp³-hybridized carbons (Fsp3) is 0.0556. The molecular weight excluding hydrogens is 330 g/mol. The number of pyridine rings is 1. The number of hydrogen-bond donors (Lipinski definition) is 2. The molecule has 7 heteroatoms. The SMILES string of the molecule is O=C(CNC(=O)c1cc(=O)[nH]c2ccccc12)c1cccc(F)c1F. The van der Waals surface area contributed by atoms with E-state index in [-0.39, 0.29) is 5.56 Å². The Morgan fingerprint density at radius 1 is 1.00 bits per heavy atom. The van der Waals surface area contributed by atoms with E-state index in [2.05, 4.69) is 10.3 Å². The normalized spacial score (nSPS) is 10.6. The molecule has 3 rings (SSSR count). The number of H-pyrrole nitrogens is 1. The van der Waals surface area contributed by atoms with Gasteiger partial charge in [0, 0.05) is 17.0 Å². The number of amides is 1. The predicted octanol–water partition coefficient (Wildman–Crippen LogP) is 2.42.